The van der Waals surface area contributed by atoms with Crippen LogP contribution in [0.3, 0.4) is 0 Å². The van der Waals surface area contributed by atoms with E-state index in [9.17, 15) is 14.7 Å². The van der Waals surface area contributed by atoms with E-state index in [-0.39, 0.29) is 23.1 Å². The van der Waals surface area contributed by atoms with Crippen molar-refractivity contribution in [2.75, 3.05) is 18.0 Å². The quantitative estimate of drug-likeness (QED) is 0.171. The topological polar surface area (TPSA) is 82.8 Å². The van der Waals surface area contributed by atoms with Crippen molar-refractivity contribution >= 4 is 28.3 Å². The maximum absolute atomic E-state index is 13.9. The van der Waals surface area contributed by atoms with Crippen LogP contribution in [0, 0.1) is 24.2 Å². The summed E-state index contributed by atoms with van der Waals surface area (Å²) >= 11 is 0. The van der Waals surface area contributed by atoms with Crippen LogP contribution in [0.15, 0.2) is 65.1 Å². The molecule has 0 radical (unpaired) electrons. The first-order chi connectivity index (χ1) is 22.5. The zero-order valence-electron chi connectivity index (χ0n) is 28.5. The van der Waals surface area contributed by atoms with Crippen LogP contribution in [0.5, 0.6) is 0 Å². The minimum atomic E-state index is -0.563. The maximum Gasteiger partial charge on any atom is 0.251 e. The number of furan rings is 1. The Morgan fingerprint density at radius 2 is 1.66 bits per heavy atom. The SMILES string of the molecule is CCC(=O)c1c(-c2ccc(C)cc2)oc2cc(N(CC)CC)c(-c3cccc(C(=O)NC(C)C45C[C@@H]6C[C@@H](CC(O)(C6)C4)C5)c3)cc12. The lowest BCUT2D eigenvalue weighted by molar-refractivity contribution is -0.171. The summed E-state index contributed by atoms with van der Waals surface area (Å²) in [4.78, 5) is 29.7. The number of hydrogen-bond donors (Lipinski definition) is 2. The first kappa shape index (κ1) is 31.7. The van der Waals surface area contributed by atoms with Crippen LogP contribution >= 0.6 is 0 Å². The van der Waals surface area contributed by atoms with E-state index < -0.39 is 5.60 Å². The lowest BCUT2D eigenvalue weighted by atomic mass is 9.46. The third kappa shape index (κ3) is 5.58. The van der Waals surface area contributed by atoms with Gasteiger partial charge in [-0.2, -0.15) is 0 Å². The Morgan fingerprint density at radius 1 is 0.957 bits per heavy atom. The summed E-state index contributed by atoms with van der Waals surface area (Å²) in [5.74, 6) is 1.69. The molecule has 0 aliphatic heterocycles. The van der Waals surface area contributed by atoms with Gasteiger partial charge < -0.3 is 19.7 Å². The number of ketones is 1. The van der Waals surface area contributed by atoms with Gasteiger partial charge >= 0.3 is 0 Å². The third-order valence-electron chi connectivity index (χ3n) is 11.6. The second kappa shape index (κ2) is 12.0. The van der Waals surface area contributed by atoms with Crippen molar-refractivity contribution in [3.63, 3.8) is 0 Å². The monoisotopic (exact) mass is 632 g/mol. The van der Waals surface area contributed by atoms with Crippen molar-refractivity contribution in [3.8, 4) is 22.5 Å². The molecule has 1 aromatic heterocycles. The summed E-state index contributed by atoms with van der Waals surface area (Å²) in [5, 5.41) is 15.5. The molecule has 1 heterocycles. The van der Waals surface area contributed by atoms with Crippen LogP contribution in [-0.2, 0) is 0 Å². The Labute approximate surface area is 278 Å². The number of aliphatic hydroxyl groups is 1. The molecule has 2 N–H and O–H groups in total. The number of rotatable bonds is 10. The van der Waals surface area contributed by atoms with Gasteiger partial charge in [-0.1, -0.05) is 48.9 Å². The zero-order chi connectivity index (χ0) is 33.1. The first-order valence-electron chi connectivity index (χ1n) is 17.6. The number of aryl methyl sites for hydroxylation is 1. The lowest BCUT2D eigenvalue weighted by Gasteiger charge is -2.62. The minimum absolute atomic E-state index is 0.0209. The highest BCUT2D eigenvalue weighted by Crippen LogP contribution is 2.62. The van der Waals surface area contributed by atoms with Crippen molar-refractivity contribution in [2.24, 2.45) is 17.3 Å². The van der Waals surface area contributed by atoms with E-state index in [1.54, 1.807) is 0 Å². The van der Waals surface area contributed by atoms with Crippen molar-refractivity contribution in [1.29, 1.82) is 0 Å². The summed E-state index contributed by atoms with van der Waals surface area (Å²) in [5.41, 5.74) is 6.23. The Balaban J connectivity index is 1.27. The summed E-state index contributed by atoms with van der Waals surface area (Å²) in [6.45, 7) is 11.9. The fourth-order valence-corrected chi connectivity index (χ4v) is 9.60. The van der Waals surface area contributed by atoms with E-state index in [4.69, 9.17) is 4.42 Å². The van der Waals surface area contributed by atoms with Crippen LogP contribution in [0.4, 0.5) is 5.69 Å². The highest BCUT2D eigenvalue weighted by molar-refractivity contribution is 6.13. The van der Waals surface area contributed by atoms with Crippen molar-refractivity contribution in [2.45, 2.75) is 91.2 Å². The van der Waals surface area contributed by atoms with E-state index in [1.165, 1.54) is 6.42 Å². The molecule has 4 fully saturated rings. The molecule has 4 aromatic rings. The standard InChI is InChI=1S/C41H48N2O4/c1-6-35(44)37-33-18-32(34(43(7-2)8-3)19-36(33)47-38(37)29-14-12-25(4)13-15-29)30-10-9-11-31(17-30)39(45)42-26(5)40-20-27-16-28(21-40)23-41(46,22-27)24-40/h9-15,17-19,26-28,46H,6-8,16,20-24H2,1-5H3,(H,42,45)/t26?,27-,28+,40?,41?. The van der Waals surface area contributed by atoms with E-state index in [2.05, 4.69) is 43.1 Å². The van der Waals surface area contributed by atoms with Gasteiger partial charge in [-0.05, 0) is 107 Å². The Morgan fingerprint density at radius 3 is 2.30 bits per heavy atom. The van der Waals surface area contributed by atoms with Crippen LogP contribution in [0.1, 0.15) is 98.9 Å². The maximum atomic E-state index is 13.9. The van der Waals surface area contributed by atoms with Gasteiger partial charge in [-0.3, -0.25) is 9.59 Å². The van der Waals surface area contributed by atoms with Gasteiger partial charge in [0.05, 0.1) is 11.2 Å². The molecule has 0 saturated heterocycles. The minimum Gasteiger partial charge on any atom is -0.455 e. The molecule has 47 heavy (non-hydrogen) atoms. The number of Topliss-reactive ketones (excluding diaryl/α,β-unsaturated/α-hetero) is 1. The van der Waals surface area contributed by atoms with Gasteiger partial charge in [-0.15, -0.1) is 0 Å². The Bertz CT molecular complexity index is 1820. The Hall–Kier alpha value is -3.90. The number of amides is 1. The molecular weight excluding hydrogens is 584 g/mol. The van der Waals surface area contributed by atoms with Crippen molar-refractivity contribution in [1.82, 2.24) is 5.32 Å². The fraction of sp³-hybridized carbons (Fsp3) is 0.463. The van der Waals surface area contributed by atoms with Gasteiger partial charge in [0.1, 0.15) is 11.3 Å². The number of carbonyl (C=O) groups is 2. The van der Waals surface area contributed by atoms with Crippen LogP contribution in [-0.4, -0.2) is 41.5 Å². The van der Waals surface area contributed by atoms with E-state index in [1.807, 2.05) is 62.4 Å². The molecule has 4 bridgehead atoms. The molecule has 6 heteroatoms. The predicted octanol–water partition coefficient (Wildman–Crippen LogP) is 8.96. The van der Waals surface area contributed by atoms with Crippen LogP contribution < -0.4 is 10.2 Å². The Kier molecular flexibility index (Phi) is 8.07. The largest absolute Gasteiger partial charge is 0.455 e. The second-order valence-electron chi connectivity index (χ2n) is 14.8. The normalized spacial score (nSPS) is 25.2. The summed E-state index contributed by atoms with van der Waals surface area (Å²) in [7, 11) is 0. The smallest absolute Gasteiger partial charge is 0.251 e. The average Bonchev–Trinajstić information content (AvgIpc) is 3.42. The van der Waals surface area contributed by atoms with Gasteiger partial charge in [0.25, 0.3) is 5.91 Å². The van der Waals surface area contributed by atoms with Crippen LogP contribution in [0.2, 0.25) is 0 Å². The van der Waals surface area contributed by atoms with Gasteiger partial charge in [-0.25, -0.2) is 0 Å². The number of nitrogens with one attached hydrogen (secondary N) is 1. The number of fused-ring (bicyclic) bond motifs is 1. The number of anilines is 1. The molecule has 1 amide bonds. The zero-order valence-corrected chi connectivity index (χ0v) is 28.5. The second-order valence-corrected chi connectivity index (χ2v) is 14.8. The van der Waals surface area contributed by atoms with Crippen LogP contribution in [0.25, 0.3) is 33.4 Å². The summed E-state index contributed by atoms with van der Waals surface area (Å²) in [6, 6.07) is 20.1. The number of hydrogen-bond acceptors (Lipinski definition) is 5. The van der Waals surface area contributed by atoms with Crippen molar-refractivity contribution in [3.05, 3.63) is 77.4 Å². The molecular formula is C41H48N2O4. The number of benzene rings is 3. The highest BCUT2D eigenvalue weighted by atomic mass is 16.3. The van der Waals surface area contributed by atoms with E-state index in [0.29, 0.717) is 40.7 Å². The first-order valence-corrected chi connectivity index (χ1v) is 17.6. The molecule has 6 nitrogen and oxygen atoms in total. The lowest BCUT2D eigenvalue weighted by Crippen LogP contribution is -2.61. The molecule has 246 valence electrons. The summed E-state index contributed by atoms with van der Waals surface area (Å²) < 4.78 is 6.50. The van der Waals surface area contributed by atoms with E-state index in [0.717, 1.165) is 78.5 Å². The molecule has 5 atom stereocenters. The average molecular weight is 633 g/mol. The van der Waals surface area contributed by atoms with Gasteiger partial charge in [0.2, 0.25) is 0 Å². The summed E-state index contributed by atoms with van der Waals surface area (Å²) in [6.07, 6.45) is 6.40. The van der Waals surface area contributed by atoms with Gasteiger partial charge in [0, 0.05) is 59.4 Å². The molecule has 8 rings (SSSR count). The fourth-order valence-electron chi connectivity index (χ4n) is 9.60. The van der Waals surface area contributed by atoms with Gasteiger partial charge in [0.15, 0.2) is 5.78 Å². The molecule has 4 aliphatic rings. The predicted molar refractivity (Wildman–Crippen MR) is 189 cm³/mol. The number of carbonyl (C=O) groups excluding carboxylic acids is 2. The molecule has 0 spiro atoms. The molecule has 4 saturated carbocycles. The molecule has 3 aromatic carbocycles. The van der Waals surface area contributed by atoms with Crippen molar-refractivity contribution < 1.29 is 19.1 Å². The van der Waals surface area contributed by atoms with E-state index >= 15 is 0 Å². The highest BCUT2D eigenvalue weighted by Gasteiger charge is 2.59. The third-order valence-corrected chi connectivity index (χ3v) is 11.6. The number of nitrogens with zero attached hydrogens (tertiary/aromatic N) is 1. The molecule has 4 aliphatic carbocycles. The molecule has 3 unspecified atom stereocenters.